The third kappa shape index (κ3) is 3.95. The van der Waals surface area contributed by atoms with Crippen molar-refractivity contribution in [2.24, 2.45) is 12.8 Å². The first kappa shape index (κ1) is 23.7. The number of imidazole rings is 1. The molecule has 0 spiro atoms. The number of aromatic nitrogens is 3. The summed E-state index contributed by atoms with van der Waals surface area (Å²) in [5, 5.41) is 10.8. The van der Waals surface area contributed by atoms with E-state index >= 15 is 0 Å². The van der Waals surface area contributed by atoms with Crippen LogP contribution in [-0.4, -0.2) is 14.5 Å². The lowest BCUT2D eigenvalue weighted by molar-refractivity contribution is 0.445. The van der Waals surface area contributed by atoms with Gasteiger partial charge in [0.15, 0.2) is 0 Å². The highest BCUT2D eigenvalue weighted by Gasteiger charge is 2.38. The molecule has 0 aliphatic carbocycles. The number of nitrogens with zero attached hydrogens (tertiary/aromatic N) is 4. The molecule has 3 heterocycles. The third-order valence-electron chi connectivity index (χ3n) is 6.83. The lowest BCUT2D eigenvalue weighted by Crippen LogP contribution is -2.40. The molecule has 0 radical (unpaired) electrons. The first-order valence-corrected chi connectivity index (χ1v) is 12.4. The van der Waals surface area contributed by atoms with Gasteiger partial charge in [0.05, 0.1) is 29.9 Å². The fourth-order valence-corrected chi connectivity index (χ4v) is 5.07. The van der Waals surface area contributed by atoms with Gasteiger partial charge in [-0.25, -0.2) is 4.98 Å². The molecule has 6 nitrogen and oxygen atoms in total. The van der Waals surface area contributed by atoms with E-state index in [9.17, 15) is 5.26 Å². The topological polar surface area (TPSA) is 93.7 Å². The van der Waals surface area contributed by atoms with Crippen LogP contribution < -0.4 is 5.73 Å². The zero-order valence-electron chi connectivity index (χ0n) is 20.5. The number of furan rings is 1. The Bertz CT molecular complexity index is 1820. The maximum atomic E-state index is 9.32. The van der Waals surface area contributed by atoms with Crippen molar-refractivity contribution in [3.8, 4) is 28.3 Å². The Morgan fingerprint density at radius 3 is 2.42 bits per heavy atom. The number of hydrogen-bond donors (Lipinski definition) is 1. The predicted octanol–water partition coefficient (Wildman–Crippen LogP) is 6.67. The molecular weight excluding hydrogens is 494 g/mol. The molecule has 0 fully saturated rings. The molecule has 7 heteroatoms. The van der Waals surface area contributed by atoms with Crippen LogP contribution in [0.4, 0.5) is 0 Å². The molecule has 3 aromatic carbocycles. The van der Waals surface area contributed by atoms with E-state index in [1.54, 1.807) is 30.9 Å². The predicted molar refractivity (Wildman–Crippen MR) is 148 cm³/mol. The van der Waals surface area contributed by atoms with Gasteiger partial charge in [-0.3, -0.25) is 4.98 Å². The number of nitriles is 1. The number of halogens is 1. The van der Waals surface area contributed by atoms with Crippen LogP contribution in [-0.2, 0) is 12.6 Å². The van der Waals surface area contributed by atoms with Crippen LogP contribution in [0.3, 0.4) is 0 Å². The molecule has 2 N–H and O–H groups in total. The molecular formula is C31H22ClN5O. The molecule has 38 heavy (non-hydrogen) atoms. The van der Waals surface area contributed by atoms with Crippen LogP contribution in [0.5, 0.6) is 0 Å². The zero-order chi connectivity index (χ0) is 26.3. The third-order valence-corrected chi connectivity index (χ3v) is 7.06. The van der Waals surface area contributed by atoms with Crippen molar-refractivity contribution in [3.63, 3.8) is 0 Å². The Balaban J connectivity index is 1.64. The Hall–Kier alpha value is -4.70. The molecule has 0 amide bonds. The van der Waals surface area contributed by atoms with Crippen LogP contribution >= 0.6 is 11.6 Å². The van der Waals surface area contributed by atoms with Gasteiger partial charge in [-0.15, -0.1) is 0 Å². The number of aryl methyl sites for hydroxylation is 1. The maximum Gasteiger partial charge on any atom is 0.142 e. The van der Waals surface area contributed by atoms with Crippen molar-refractivity contribution in [1.29, 1.82) is 5.26 Å². The lowest BCUT2D eigenvalue weighted by atomic mass is 9.84. The fraction of sp³-hybridized carbons (Fsp3) is 0.0645. The summed E-state index contributed by atoms with van der Waals surface area (Å²) in [6.07, 6.45) is 7.04. The molecule has 184 valence electrons. The quantitative estimate of drug-likeness (QED) is 0.276. The Labute approximate surface area is 224 Å². The smallest absolute Gasteiger partial charge is 0.142 e. The van der Waals surface area contributed by atoms with Gasteiger partial charge in [-0.2, -0.15) is 5.26 Å². The Kier molecular flexibility index (Phi) is 5.80. The molecule has 6 rings (SSSR count). The molecule has 1 unspecified atom stereocenters. The second-order valence-electron chi connectivity index (χ2n) is 9.19. The van der Waals surface area contributed by atoms with Crippen LogP contribution in [0, 0.1) is 11.3 Å². The normalized spacial score (nSPS) is 12.8. The van der Waals surface area contributed by atoms with Gasteiger partial charge >= 0.3 is 0 Å². The Morgan fingerprint density at radius 1 is 0.921 bits per heavy atom. The monoisotopic (exact) mass is 515 g/mol. The average molecular weight is 516 g/mol. The minimum atomic E-state index is -1.17. The second kappa shape index (κ2) is 9.31. The molecule has 0 aliphatic heterocycles. The molecule has 0 saturated carbocycles. The van der Waals surface area contributed by atoms with Gasteiger partial charge in [-0.05, 0) is 65.2 Å². The number of rotatable bonds is 5. The highest BCUT2D eigenvalue weighted by Crippen LogP contribution is 2.42. The summed E-state index contributed by atoms with van der Waals surface area (Å²) in [6, 6.07) is 27.2. The van der Waals surface area contributed by atoms with Gasteiger partial charge in [0.2, 0.25) is 0 Å². The number of nitrogens with two attached hydrogens (primary N) is 1. The standard InChI is InChI=1S/C31H22ClN5O/c1-37-19-36-18-28(37)31(34,25-9-7-20(16-33)8-10-25)29-15-24-12-23(22-5-3-11-35-17-22)14-27(30(24)38-29)21-4-2-6-26(32)13-21/h2-15,17-19H,34H2,1H3. The van der Waals surface area contributed by atoms with E-state index < -0.39 is 5.54 Å². The van der Waals surface area contributed by atoms with Gasteiger partial charge in [0.1, 0.15) is 16.9 Å². The van der Waals surface area contributed by atoms with E-state index in [1.165, 1.54) is 0 Å². The highest BCUT2D eigenvalue weighted by atomic mass is 35.5. The van der Waals surface area contributed by atoms with E-state index in [1.807, 2.05) is 72.4 Å². The Morgan fingerprint density at radius 2 is 1.74 bits per heavy atom. The first-order valence-electron chi connectivity index (χ1n) is 12.0. The minimum absolute atomic E-state index is 0.549. The minimum Gasteiger partial charge on any atom is -0.458 e. The van der Waals surface area contributed by atoms with Crippen molar-refractivity contribution in [1.82, 2.24) is 14.5 Å². The SMILES string of the molecule is Cn1cncc1C(N)(c1ccc(C#N)cc1)c1cc2cc(-c3cccnc3)cc(-c3cccc(Cl)c3)c2o1. The number of pyridine rings is 1. The molecule has 0 saturated heterocycles. The zero-order valence-corrected chi connectivity index (χ0v) is 21.2. The number of hydrogen-bond acceptors (Lipinski definition) is 5. The second-order valence-corrected chi connectivity index (χ2v) is 9.63. The van der Waals surface area contributed by atoms with Crippen LogP contribution in [0.25, 0.3) is 33.2 Å². The summed E-state index contributed by atoms with van der Waals surface area (Å²) in [5.41, 5.74) is 12.7. The summed E-state index contributed by atoms with van der Waals surface area (Å²) in [6.45, 7) is 0. The van der Waals surface area contributed by atoms with Crippen LogP contribution in [0.15, 0.2) is 108 Å². The fourth-order valence-electron chi connectivity index (χ4n) is 4.88. The number of benzene rings is 3. The van der Waals surface area contributed by atoms with E-state index in [-0.39, 0.29) is 0 Å². The van der Waals surface area contributed by atoms with Gasteiger partial charge in [0, 0.05) is 41.0 Å². The van der Waals surface area contributed by atoms with E-state index in [0.29, 0.717) is 21.9 Å². The van der Waals surface area contributed by atoms with Gasteiger partial charge in [-0.1, -0.05) is 41.9 Å². The van der Waals surface area contributed by atoms with Crippen LogP contribution in [0.1, 0.15) is 22.6 Å². The van der Waals surface area contributed by atoms with Crippen molar-refractivity contribution in [2.75, 3.05) is 0 Å². The summed E-state index contributed by atoms with van der Waals surface area (Å²) in [7, 11) is 1.90. The van der Waals surface area contributed by atoms with E-state index in [2.05, 4.69) is 28.2 Å². The van der Waals surface area contributed by atoms with Crippen LogP contribution in [0.2, 0.25) is 5.02 Å². The molecule has 0 aliphatic rings. The highest BCUT2D eigenvalue weighted by molar-refractivity contribution is 6.30. The van der Waals surface area contributed by atoms with Crippen molar-refractivity contribution < 1.29 is 4.42 Å². The lowest BCUT2D eigenvalue weighted by Gasteiger charge is -2.28. The summed E-state index contributed by atoms with van der Waals surface area (Å²) in [4.78, 5) is 8.62. The van der Waals surface area contributed by atoms with Gasteiger partial charge in [0.25, 0.3) is 0 Å². The number of fused-ring (bicyclic) bond motifs is 1. The first-order chi connectivity index (χ1) is 18.5. The maximum absolute atomic E-state index is 9.32. The molecule has 3 aromatic heterocycles. The van der Waals surface area contributed by atoms with Crippen molar-refractivity contribution >= 4 is 22.6 Å². The van der Waals surface area contributed by atoms with Crippen molar-refractivity contribution in [2.45, 2.75) is 5.54 Å². The van der Waals surface area contributed by atoms with Crippen molar-refractivity contribution in [3.05, 3.63) is 131 Å². The largest absolute Gasteiger partial charge is 0.458 e. The van der Waals surface area contributed by atoms with Gasteiger partial charge < -0.3 is 14.7 Å². The van der Waals surface area contributed by atoms with E-state index in [4.69, 9.17) is 21.8 Å². The molecule has 0 bridgehead atoms. The van der Waals surface area contributed by atoms with E-state index in [0.717, 1.165) is 38.9 Å². The molecule has 1 atom stereocenters. The average Bonchev–Trinajstić information content (AvgIpc) is 3.59. The summed E-state index contributed by atoms with van der Waals surface area (Å²) >= 11 is 6.38. The molecule has 6 aromatic rings. The summed E-state index contributed by atoms with van der Waals surface area (Å²) in [5.74, 6) is 0.549. The summed E-state index contributed by atoms with van der Waals surface area (Å²) < 4.78 is 8.53.